The lowest BCUT2D eigenvalue weighted by molar-refractivity contribution is 0.0942. The molecule has 2 N–H and O–H groups in total. The SMILES string of the molecule is O=C(NCc1cocn1)c1ccc(Oc2ccc(C(=O)NCc3cocn3)cc2)cc1. The van der Waals surface area contributed by atoms with Crippen LogP contribution in [0.5, 0.6) is 11.5 Å². The molecule has 9 heteroatoms. The van der Waals surface area contributed by atoms with Gasteiger partial charge in [-0.3, -0.25) is 9.59 Å². The maximum Gasteiger partial charge on any atom is 0.251 e. The van der Waals surface area contributed by atoms with Gasteiger partial charge in [-0.05, 0) is 48.5 Å². The van der Waals surface area contributed by atoms with E-state index < -0.39 is 0 Å². The lowest BCUT2D eigenvalue weighted by atomic mass is 10.2. The van der Waals surface area contributed by atoms with Gasteiger partial charge in [0.2, 0.25) is 0 Å². The molecule has 0 saturated carbocycles. The van der Waals surface area contributed by atoms with E-state index in [2.05, 4.69) is 20.6 Å². The summed E-state index contributed by atoms with van der Waals surface area (Å²) >= 11 is 0. The number of benzene rings is 2. The second kappa shape index (κ2) is 9.40. The molecule has 2 heterocycles. The van der Waals surface area contributed by atoms with Crippen LogP contribution in [-0.2, 0) is 13.1 Å². The third-order valence-electron chi connectivity index (χ3n) is 4.30. The average molecular weight is 418 g/mol. The highest BCUT2D eigenvalue weighted by Crippen LogP contribution is 2.22. The predicted molar refractivity (Wildman–Crippen MR) is 108 cm³/mol. The third kappa shape index (κ3) is 5.36. The number of oxazole rings is 2. The number of rotatable bonds is 8. The standard InChI is InChI=1S/C22H18N4O5/c27-21(23-9-17-11-29-13-25-17)15-1-5-19(6-2-15)31-20-7-3-16(4-8-20)22(28)24-10-18-12-30-14-26-18/h1-8,11-14H,9-10H2,(H,23,27)(H,24,28). The Labute approximate surface area is 177 Å². The largest absolute Gasteiger partial charge is 0.457 e. The van der Waals surface area contributed by atoms with Crippen LogP contribution in [0.2, 0.25) is 0 Å². The van der Waals surface area contributed by atoms with E-state index in [1.807, 2.05) is 0 Å². The zero-order valence-corrected chi connectivity index (χ0v) is 16.3. The van der Waals surface area contributed by atoms with E-state index in [1.165, 1.54) is 25.3 Å². The highest BCUT2D eigenvalue weighted by molar-refractivity contribution is 5.94. The lowest BCUT2D eigenvalue weighted by Crippen LogP contribution is -2.22. The number of hydrogen-bond acceptors (Lipinski definition) is 7. The molecule has 0 spiro atoms. The van der Waals surface area contributed by atoms with Gasteiger partial charge in [0.15, 0.2) is 12.8 Å². The number of ether oxygens (including phenoxy) is 1. The minimum atomic E-state index is -0.226. The Morgan fingerprint density at radius 1 is 0.710 bits per heavy atom. The van der Waals surface area contributed by atoms with Crippen LogP contribution in [0.15, 0.2) is 82.7 Å². The third-order valence-corrected chi connectivity index (χ3v) is 4.30. The summed E-state index contributed by atoms with van der Waals surface area (Å²) in [4.78, 5) is 32.3. The van der Waals surface area contributed by atoms with Crippen LogP contribution < -0.4 is 15.4 Å². The summed E-state index contributed by atoms with van der Waals surface area (Å²) in [6, 6.07) is 13.5. The Bertz CT molecular complexity index is 1030. The van der Waals surface area contributed by atoms with E-state index >= 15 is 0 Å². The van der Waals surface area contributed by atoms with Gasteiger partial charge in [-0.2, -0.15) is 0 Å². The Hall–Kier alpha value is -4.40. The number of amides is 2. The molecule has 0 aliphatic carbocycles. The first kappa shape index (κ1) is 19.9. The minimum Gasteiger partial charge on any atom is -0.457 e. The van der Waals surface area contributed by atoms with Crippen molar-refractivity contribution in [3.63, 3.8) is 0 Å². The zero-order chi connectivity index (χ0) is 21.5. The number of nitrogens with one attached hydrogen (secondary N) is 2. The smallest absolute Gasteiger partial charge is 0.251 e. The second-order valence-electron chi connectivity index (χ2n) is 6.48. The van der Waals surface area contributed by atoms with Crippen molar-refractivity contribution in [2.45, 2.75) is 13.1 Å². The summed E-state index contributed by atoms with van der Waals surface area (Å²) in [6.07, 6.45) is 5.57. The summed E-state index contributed by atoms with van der Waals surface area (Å²) in [5.41, 5.74) is 2.28. The monoisotopic (exact) mass is 418 g/mol. The molecule has 0 atom stereocenters. The molecule has 0 aliphatic rings. The van der Waals surface area contributed by atoms with Crippen molar-refractivity contribution in [3.05, 3.63) is 96.4 Å². The summed E-state index contributed by atoms with van der Waals surface area (Å²) in [6.45, 7) is 0.568. The van der Waals surface area contributed by atoms with Crippen molar-refractivity contribution in [2.75, 3.05) is 0 Å². The fraction of sp³-hybridized carbons (Fsp3) is 0.0909. The van der Waals surface area contributed by atoms with E-state index in [0.717, 1.165) is 0 Å². The molecular formula is C22H18N4O5. The van der Waals surface area contributed by atoms with Crippen LogP contribution in [0, 0.1) is 0 Å². The first-order valence-electron chi connectivity index (χ1n) is 9.36. The molecule has 9 nitrogen and oxygen atoms in total. The van der Waals surface area contributed by atoms with Crippen molar-refractivity contribution in [3.8, 4) is 11.5 Å². The first-order chi connectivity index (χ1) is 15.2. The molecular weight excluding hydrogens is 400 g/mol. The van der Waals surface area contributed by atoms with Crippen LogP contribution >= 0.6 is 0 Å². The molecule has 4 rings (SSSR count). The summed E-state index contributed by atoms with van der Waals surface area (Å²) < 4.78 is 15.5. The highest BCUT2D eigenvalue weighted by atomic mass is 16.5. The number of aromatic nitrogens is 2. The zero-order valence-electron chi connectivity index (χ0n) is 16.3. The minimum absolute atomic E-state index is 0.226. The molecule has 0 aliphatic heterocycles. The van der Waals surface area contributed by atoms with E-state index in [-0.39, 0.29) is 24.9 Å². The molecule has 0 saturated heterocycles. The van der Waals surface area contributed by atoms with Gasteiger partial charge in [-0.15, -0.1) is 0 Å². The molecule has 0 fully saturated rings. The molecule has 0 bridgehead atoms. The van der Waals surface area contributed by atoms with Gasteiger partial charge in [-0.25, -0.2) is 9.97 Å². The van der Waals surface area contributed by atoms with E-state index in [0.29, 0.717) is 34.0 Å². The summed E-state index contributed by atoms with van der Waals surface area (Å²) in [7, 11) is 0. The number of carbonyl (C=O) groups excluding carboxylic acids is 2. The van der Waals surface area contributed by atoms with Crippen LogP contribution in [-0.4, -0.2) is 21.8 Å². The maximum atomic E-state index is 12.2. The van der Waals surface area contributed by atoms with Crippen LogP contribution in [0.3, 0.4) is 0 Å². The van der Waals surface area contributed by atoms with Gasteiger partial charge >= 0.3 is 0 Å². The van der Waals surface area contributed by atoms with E-state index in [1.54, 1.807) is 48.5 Å². The average Bonchev–Trinajstić information content (AvgIpc) is 3.51. The van der Waals surface area contributed by atoms with E-state index in [4.69, 9.17) is 13.6 Å². The number of nitrogens with zero attached hydrogens (tertiary/aromatic N) is 2. The molecule has 0 unspecified atom stereocenters. The van der Waals surface area contributed by atoms with Crippen molar-refractivity contribution >= 4 is 11.8 Å². The van der Waals surface area contributed by atoms with Gasteiger partial charge in [-0.1, -0.05) is 0 Å². The lowest BCUT2D eigenvalue weighted by Gasteiger charge is -2.08. The van der Waals surface area contributed by atoms with Crippen LogP contribution in [0.4, 0.5) is 0 Å². The Kier molecular flexibility index (Phi) is 6.03. The summed E-state index contributed by atoms with van der Waals surface area (Å²) in [5, 5.41) is 5.51. The molecule has 2 aromatic carbocycles. The molecule has 2 aromatic heterocycles. The fourth-order valence-corrected chi connectivity index (χ4v) is 2.68. The normalized spacial score (nSPS) is 10.5. The number of carbonyl (C=O) groups is 2. The first-order valence-corrected chi connectivity index (χ1v) is 9.36. The quantitative estimate of drug-likeness (QED) is 0.450. The van der Waals surface area contributed by atoms with Gasteiger partial charge in [0.25, 0.3) is 11.8 Å². The van der Waals surface area contributed by atoms with Gasteiger partial charge in [0.1, 0.15) is 24.0 Å². The molecule has 0 radical (unpaired) electrons. The second-order valence-corrected chi connectivity index (χ2v) is 6.48. The van der Waals surface area contributed by atoms with Crippen molar-refractivity contribution in [1.29, 1.82) is 0 Å². The van der Waals surface area contributed by atoms with Crippen LogP contribution in [0.1, 0.15) is 32.1 Å². The van der Waals surface area contributed by atoms with Crippen molar-refractivity contribution < 1.29 is 23.2 Å². The Morgan fingerprint density at radius 2 is 1.13 bits per heavy atom. The molecule has 156 valence electrons. The molecule has 31 heavy (non-hydrogen) atoms. The maximum absolute atomic E-state index is 12.2. The van der Waals surface area contributed by atoms with Crippen LogP contribution in [0.25, 0.3) is 0 Å². The Morgan fingerprint density at radius 3 is 1.48 bits per heavy atom. The Balaban J connectivity index is 1.29. The van der Waals surface area contributed by atoms with Gasteiger partial charge < -0.3 is 24.2 Å². The molecule has 2 amide bonds. The highest BCUT2D eigenvalue weighted by Gasteiger charge is 2.09. The molecule has 4 aromatic rings. The number of hydrogen-bond donors (Lipinski definition) is 2. The fourth-order valence-electron chi connectivity index (χ4n) is 2.68. The summed E-state index contributed by atoms with van der Waals surface area (Å²) in [5.74, 6) is 0.679. The van der Waals surface area contributed by atoms with Crippen molar-refractivity contribution in [2.24, 2.45) is 0 Å². The van der Waals surface area contributed by atoms with Gasteiger partial charge in [0.05, 0.1) is 24.5 Å². The van der Waals surface area contributed by atoms with Gasteiger partial charge in [0, 0.05) is 11.1 Å². The van der Waals surface area contributed by atoms with E-state index in [9.17, 15) is 9.59 Å². The topological polar surface area (TPSA) is 119 Å². The predicted octanol–water partition coefficient (Wildman–Crippen LogP) is 3.31. The van der Waals surface area contributed by atoms with Crippen molar-refractivity contribution in [1.82, 2.24) is 20.6 Å².